The molecule has 1 heterocycles. The lowest BCUT2D eigenvalue weighted by Gasteiger charge is -2.19. The molecule has 0 aliphatic heterocycles. The summed E-state index contributed by atoms with van der Waals surface area (Å²) in [5.74, 6) is 1.01. The molecule has 0 spiro atoms. The summed E-state index contributed by atoms with van der Waals surface area (Å²) >= 11 is 3.61. The van der Waals surface area contributed by atoms with Crippen molar-refractivity contribution in [3.63, 3.8) is 0 Å². The number of hydrogen-bond acceptors (Lipinski definition) is 5. The average Bonchev–Trinajstić information content (AvgIpc) is 3.19. The Morgan fingerprint density at radius 1 is 1.16 bits per heavy atom. The van der Waals surface area contributed by atoms with Crippen molar-refractivity contribution in [3.8, 4) is 0 Å². The highest BCUT2D eigenvalue weighted by Gasteiger charge is 2.33. The van der Waals surface area contributed by atoms with Gasteiger partial charge in [-0.25, -0.2) is 9.97 Å². The second-order valence-electron chi connectivity index (χ2n) is 7.62. The minimum absolute atomic E-state index is 0.145. The van der Waals surface area contributed by atoms with E-state index in [0.29, 0.717) is 17.7 Å². The molecule has 0 bridgehead atoms. The molecule has 0 fully saturated rings. The van der Waals surface area contributed by atoms with Crippen LogP contribution in [0.5, 0.6) is 0 Å². The number of nitro groups is 1. The Labute approximate surface area is 184 Å². The maximum atomic E-state index is 13.3. The third-order valence-corrected chi connectivity index (χ3v) is 6.16. The van der Waals surface area contributed by atoms with Gasteiger partial charge in [-0.2, -0.15) is 13.2 Å². The molecule has 31 heavy (non-hydrogen) atoms. The molecule has 4 rings (SSSR count). The van der Waals surface area contributed by atoms with Crippen molar-refractivity contribution in [2.24, 2.45) is 0 Å². The topological polar surface area (TPSA) is 81.0 Å². The predicted octanol–water partition coefficient (Wildman–Crippen LogP) is 6.29. The molecular weight excluding hydrogens is 477 g/mol. The molecular formula is C21H18BrF3N4O2. The standard InChI is InChI=1S/C21H18BrF3N4O2/c1-10(12-6-13(21(23,24)25)8-14(7-12)29(30)31)26-20-17-9-18(22)15-4-3-5-16(15)19(17)27-11(2)28-20/h6-10H,3-5H2,1-2H3,(H,26,27,28)/t10-/m1/s1. The zero-order valence-corrected chi connectivity index (χ0v) is 18.3. The Hall–Kier alpha value is -2.75. The molecule has 1 N–H and O–H groups in total. The van der Waals surface area contributed by atoms with Crippen LogP contribution in [0.3, 0.4) is 0 Å². The smallest absolute Gasteiger partial charge is 0.363 e. The van der Waals surface area contributed by atoms with Gasteiger partial charge in [0.1, 0.15) is 11.6 Å². The Balaban J connectivity index is 1.79. The van der Waals surface area contributed by atoms with Crippen LogP contribution < -0.4 is 5.32 Å². The summed E-state index contributed by atoms with van der Waals surface area (Å²) in [6.45, 7) is 3.40. The number of non-ortho nitro benzene ring substituents is 1. The summed E-state index contributed by atoms with van der Waals surface area (Å²) in [6.07, 6.45) is -1.80. The molecule has 10 heteroatoms. The molecule has 3 aromatic rings. The lowest BCUT2D eigenvalue weighted by molar-refractivity contribution is -0.385. The normalized spacial score (nSPS) is 14.5. The van der Waals surface area contributed by atoms with Crippen molar-refractivity contribution in [2.75, 3.05) is 5.32 Å². The quantitative estimate of drug-likeness (QED) is 0.340. The van der Waals surface area contributed by atoms with Crippen LogP contribution in [-0.4, -0.2) is 14.9 Å². The summed E-state index contributed by atoms with van der Waals surface area (Å²) in [6, 6.07) is 3.87. The fourth-order valence-electron chi connectivity index (χ4n) is 3.98. The average molecular weight is 495 g/mol. The molecule has 6 nitrogen and oxygen atoms in total. The first kappa shape index (κ1) is 21.5. The molecule has 1 aliphatic rings. The summed E-state index contributed by atoms with van der Waals surface area (Å²) in [7, 11) is 0. The fraction of sp³-hybridized carbons (Fsp3) is 0.333. The molecule has 1 aromatic heterocycles. The Bertz CT molecular complexity index is 1210. The van der Waals surface area contributed by atoms with Gasteiger partial charge in [-0.15, -0.1) is 0 Å². The van der Waals surface area contributed by atoms with Crippen LogP contribution >= 0.6 is 15.9 Å². The van der Waals surface area contributed by atoms with E-state index in [-0.39, 0.29) is 5.56 Å². The van der Waals surface area contributed by atoms with Gasteiger partial charge in [0, 0.05) is 22.0 Å². The number of nitro benzene ring substituents is 1. The van der Waals surface area contributed by atoms with Crippen molar-refractivity contribution in [3.05, 3.63) is 66.9 Å². The minimum Gasteiger partial charge on any atom is -0.363 e. The van der Waals surface area contributed by atoms with Crippen molar-refractivity contribution in [2.45, 2.75) is 45.3 Å². The van der Waals surface area contributed by atoms with E-state index in [0.717, 1.165) is 52.3 Å². The van der Waals surface area contributed by atoms with Gasteiger partial charge in [0.2, 0.25) is 0 Å². The van der Waals surface area contributed by atoms with E-state index in [2.05, 4.69) is 31.2 Å². The zero-order valence-electron chi connectivity index (χ0n) is 16.7. The second kappa shape index (κ2) is 7.74. The maximum absolute atomic E-state index is 13.3. The van der Waals surface area contributed by atoms with Crippen LogP contribution in [0.4, 0.5) is 24.7 Å². The Morgan fingerprint density at radius 3 is 2.55 bits per heavy atom. The third-order valence-electron chi connectivity index (χ3n) is 5.45. The molecule has 0 unspecified atom stereocenters. The molecule has 162 valence electrons. The van der Waals surface area contributed by atoms with E-state index in [1.54, 1.807) is 13.8 Å². The second-order valence-corrected chi connectivity index (χ2v) is 8.47. The maximum Gasteiger partial charge on any atom is 0.416 e. The zero-order chi connectivity index (χ0) is 22.5. The summed E-state index contributed by atoms with van der Waals surface area (Å²) < 4.78 is 40.7. The molecule has 0 radical (unpaired) electrons. The van der Waals surface area contributed by atoms with Gasteiger partial charge < -0.3 is 5.32 Å². The lowest BCUT2D eigenvalue weighted by Crippen LogP contribution is -2.13. The third kappa shape index (κ3) is 4.08. The van der Waals surface area contributed by atoms with E-state index >= 15 is 0 Å². The monoisotopic (exact) mass is 494 g/mol. The van der Waals surface area contributed by atoms with E-state index in [9.17, 15) is 23.3 Å². The molecule has 0 saturated carbocycles. The van der Waals surface area contributed by atoms with Crippen LogP contribution in [-0.2, 0) is 19.0 Å². The number of nitrogens with zero attached hydrogens (tertiary/aromatic N) is 3. The first-order valence-electron chi connectivity index (χ1n) is 9.66. The highest BCUT2D eigenvalue weighted by Crippen LogP contribution is 2.38. The molecule has 0 amide bonds. The van der Waals surface area contributed by atoms with Gasteiger partial charge in [-0.1, -0.05) is 15.9 Å². The summed E-state index contributed by atoms with van der Waals surface area (Å²) in [4.78, 5) is 19.4. The van der Waals surface area contributed by atoms with E-state index in [1.807, 2.05) is 6.07 Å². The first-order chi connectivity index (χ1) is 14.5. The van der Waals surface area contributed by atoms with Crippen LogP contribution in [0.15, 0.2) is 28.7 Å². The summed E-state index contributed by atoms with van der Waals surface area (Å²) in [5.41, 5.74) is 1.68. The van der Waals surface area contributed by atoms with Crippen molar-refractivity contribution in [1.29, 1.82) is 0 Å². The predicted molar refractivity (Wildman–Crippen MR) is 114 cm³/mol. The highest BCUT2D eigenvalue weighted by atomic mass is 79.9. The van der Waals surface area contributed by atoms with E-state index < -0.39 is 28.4 Å². The molecule has 1 atom stereocenters. The number of alkyl halides is 3. The van der Waals surface area contributed by atoms with Gasteiger partial charge in [-0.3, -0.25) is 10.1 Å². The number of rotatable bonds is 4. The fourth-order valence-corrected chi connectivity index (χ4v) is 4.65. The largest absolute Gasteiger partial charge is 0.416 e. The number of aromatic nitrogens is 2. The Kier molecular flexibility index (Phi) is 5.36. The number of anilines is 1. The van der Waals surface area contributed by atoms with Crippen LogP contribution in [0.1, 0.15) is 47.5 Å². The lowest BCUT2D eigenvalue weighted by atomic mass is 10.0. The number of halogens is 4. The van der Waals surface area contributed by atoms with Gasteiger partial charge in [-0.05, 0) is 61.9 Å². The number of aryl methyl sites for hydroxylation is 2. The summed E-state index contributed by atoms with van der Waals surface area (Å²) in [5, 5.41) is 15.1. The van der Waals surface area contributed by atoms with Gasteiger partial charge in [0.05, 0.1) is 22.0 Å². The number of hydrogen-bond donors (Lipinski definition) is 1. The van der Waals surface area contributed by atoms with Crippen molar-refractivity contribution >= 4 is 38.3 Å². The van der Waals surface area contributed by atoms with E-state index in [1.165, 1.54) is 5.56 Å². The van der Waals surface area contributed by atoms with Gasteiger partial charge >= 0.3 is 6.18 Å². The van der Waals surface area contributed by atoms with E-state index in [4.69, 9.17) is 0 Å². The SMILES string of the molecule is Cc1nc(N[C@H](C)c2cc([N+](=O)[O-])cc(C(F)(F)F)c2)c2cc(Br)c3c(c2n1)CCC3. The van der Waals surface area contributed by atoms with Gasteiger partial charge in [0.15, 0.2) is 0 Å². The number of fused-ring (bicyclic) bond motifs is 3. The van der Waals surface area contributed by atoms with Crippen LogP contribution in [0.25, 0.3) is 10.9 Å². The van der Waals surface area contributed by atoms with Crippen molar-refractivity contribution < 1.29 is 18.1 Å². The number of benzene rings is 2. The van der Waals surface area contributed by atoms with Crippen molar-refractivity contribution in [1.82, 2.24) is 9.97 Å². The first-order valence-corrected chi connectivity index (χ1v) is 10.5. The number of nitrogens with one attached hydrogen (secondary N) is 1. The molecule has 2 aromatic carbocycles. The Morgan fingerprint density at radius 2 is 1.87 bits per heavy atom. The molecule has 0 saturated heterocycles. The van der Waals surface area contributed by atoms with Gasteiger partial charge in [0.25, 0.3) is 5.69 Å². The van der Waals surface area contributed by atoms with Crippen LogP contribution in [0, 0.1) is 17.0 Å². The molecule has 1 aliphatic carbocycles. The minimum atomic E-state index is -4.69. The highest BCUT2D eigenvalue weighted by molar-refractivity contribution is 9.10. The van der Waals surface area contributed by atoms with Crippen LogP contribution in [0.2, 0.25) is 0 Å².